The molecule has 5 nitrogen and oxygen atoms in total. The second kappa shape index (κ2) is 8.67. The lowest BCUT2D eigenvalue weighted by atomic mass is 10.1. The largest absolute Gasteiger partial charge is 0.495 e. The Morgan fingerprint density at radius 1 is 1.25 bits per heavy atom. The highest BCUT2D eigenvalue weighted by atomic mass is 35.5. The summed E-state index contributed by atoms with van der Waals surface area (Å²) in [5.41, 5.74) is -0.725. The number of aryl methyl sites for hydroxylation is 1. The van der Waals surface area contributed by atoms with Crippen molar-refractivity contribution in [2.45, 2.75) is 13.1 Å². The summed E-state index contributed by atoms with van der Waals surface area (Å²) in [5.74, 6) is -0.622. The number of methoxy groups -OCH3 is 1. The molecule has 0 aliphatic carbocycles. The predicted octanol–water partition coefficient (Wildman–Crippen LogP) is 5.13. The van der Waals surface area contributed by atoms with Crippen molar-refractivity contribution in [2.75, 3.05) is 17.7 Å². The van der Waals surface area contributed by atoms with Crippen LogP contribution in [0.2, 0.25) is 5.02 Å². The number of benzene rings is 2. The first-order valence-corrected chi connectivity index (χ1v) is 8.23. The highest BCUT2D eigenvalue weighted by Gasteiger charge is 2.33. The van der Waals surface area contributed by atoms with E-state index in [0.717, 1.165) is 23.9 Å². The smallest absolute Gasteiger partial charge is 0.418 e. The molecule has 0 saturated carbocycles. The van der Waals surface area contributed by atoms with Gasteiger partial charge >= 0.3 is 6.18 Å². The Morgan fingerprint density at radius 3 is 2.54 bits per heavy atom. The number of ether oxygens (including phenoxy) is 1. The second-order valence-electron chi connectivity index (χ2n) is 5.61. The van der Waals surface area contributed by atoms with Crippen LogP contribution in [0.3, 0.4) is 0 Å². The van der Waals surface area contributed by atoms with Crippen LogP contribution in [-0.2, 0) is 11.0 Å². The highest BCUT2D eigenvalue weighted by Crippen LogP contribution is 2.35. The zero-order valence-electron chi connectivity index (χ0n) is 14.8. The molecule has 0 saturated heterocycles. The maximum atomic E-state index is 13.0. The quantitative estimate of drug-likeness (QED) is 0.530. The number of nitriles is 1. The highest BCUT2D eigenvalue weighted by molar-refractivity contribution is 6.31. The fourth-order valence-electron chi connectivity index (χ4n) is 2.27. The molecular weight excluding hydrogens is 395 g/mol. The monoisotopic (exact) mass is 409 g/mol. The van der Waals surface area contributed by atoms with Crippen molar-refractivity contribution >= 4 is 28.9 Å². The number of hydrogen-bond donors (Lipinski definition) is 2. The van der Waals surface area contributed by atoms with E-state index < -0.39 is 28.9 Å². The number of carbonyl (C=O) groups excluding carboxylic acids is 1. The molecule has 0 heterocycles. The first-order chi connectivity index (χ1) is 13.2. The van der Waals surface area contributed by atoms with Crippen molar-refractivity contribution < 1.29 is 22.7 Å². The van der Waals surface area contributed by atoms with Gasteiger partial charge in [-0.15, -0.1) is 0 Å². The van der Waals surface area contributed by atoms with Gasteiger partial charge in [-0.05, 0) is 30.7 Å². The topological polar surface area (TPSA) is 74.1 Å². The molecule has 0 aliphatic rings. The molecular formula is C19H15ClF3N3O2. The summed E-state index contributed by atoms with van der Waals surface area (Å²) in [4.78, 5) is 12.3. The van der Waals surface area contributed by atoms with Gasteiger partial charge in [0, 0.05) is 17.3 Å². The molecule has 0 aliphatic heterocycles. The van der Waals surface area contributed by atoms with Gasteiger partial charge in [0.15, 0.2) is 0 Å². The average Bonchev–Trinajstić information content (AvgIpc) is 2.64. The Labute approximate surface area is 164 Å². The Hall–Kier alpha value is -3.18. The van der Waals surface area contributed by atoms with Crippen molar-refractivity contribution in [1.82, 2.24) is 0 Å². The number of rotatable bonds is 5. The van der Waals surface area contributed by atoms with Crippen molar-refractivity contribution in [3.63, 3.8) is 0 Å². The standard InChI is InChI=1S/C19H15ClF3N3O2/c1-11-7-16(17(28-2)8-14(11)20)25-10-12(9-24)18(27)26-15-6-4-3-5-13(15)19(21,22)23/h3-8,10,25H,1-2H3,(H,26,27)/b12-10-. The summed E-state index contributed by atoms with van der Waals surface area (Å²) in [6, 6.07) is 9.35. The number of nitrogens with zero attached hydrogens (tertiary/aromatic N) is 1. The van der Waals surface area contributed by atoms with Gasteiger partial charge in [0.05, 0.1) is 24.0 Å². The molecule has 0 fully saturated rings. The summed E-state index contributed by atoms with van der Waals surface area (Å²) >= 11 is 6.02. The Morgan fingerprint density at radius 2 is 1.93 bits per heavy atom. The third-order valence-electron chi connectivity index (χ3n) is 3.70. The van der Waals surface area contributed by atoms with E-state index in [4.69, 9.17) is 16.3 Å². The molecule has 1 amide bonds. The molecule has 0 aromatic heterocycles. The number of para-hydroxylation sites is 1. The normalized spacial score (nSPS) is 11.5. The van der Waals surface area contributed by atoms with Crippen molar-refractivity contribution in [1.29, 1.82) is 5.26 Å². The molecule has 0 atom stereocenters. The van der Waals surface area contributed by atoms with E-state index in [-0.39, 0.29) is 0 Å². The minimum absolute atomic E-state index is 0.368. The maximum Gasteiger partial charge on any atom is 0.418 e. The van der Waals surface area contributed by atoms with Crippen LogP contribution in [-0.4, -0.2) is 13.0 Å². The van der Waals surface area contributed by atoms with E-state index in [2.05, 4.69) is 10.6 Å². The lowest BCUT2D eigenvalue weighted by Crippen LogP contribution is -2.18. The SMILES string of the molecule is COc1cc(Cl)c(C)cc1N/C=C(/C#N)C(=O)Nc1ccccc1C(F)(F)F. The number of amides is 1. The van der Waals surface area contributed by atoms with Crippen molar-refractivity contribution in [2.24, 2.45) is 0 Å². The Bertz CT molecular complexity index is 966. The van der Waals surface area contributed by atoms with Crippen LogP contribution in [0, 0.1) is 18.3 Å². The number of carbonyl (C=O) groups is 1. The van der Waals surface area contributed by atoms with Crippen molar-refractivity contribution in [3.05, 3.63) is 64.3 Å². The second-order valence-corrected chi connectivity index (χ2v) is 6.02. The maximum absolute atomic E-state index is 13.0. The van der Waals surface area contributed by atoms with E-state index >= 15 is 0 Å². The van der Waals surface area contributed by atoms with Gasteiger partial charge in [-0.25, -0.2) is 0 Å². The summed E-state index contributed by atoms with van der Waals surface area (Å²) in [6.07, 6.45) is -3.57. The number of nitrogens with one attached hydrogen (secondary N) is 2. The van der Waals surface area contributed by atoms with Crippen LogP contribution in [0.15, 0.2) is 48.2 Å². The summed E-state index contributed by atoms with van der Waals surface area (Å²) in [6.45, 7) is 1.75. The van der Waals surface area contributed by atoms with E-state index in [9.17, 15) is 23.2 Å². The summed E-state index contributed by atoms with van der Waals surface area (Å²) in [7, 11) is 1.42. The summed E-state index contributed by atoms with van der Waals surface area (Å²) < 4.78 is 44.3. The van der Waals surface area contributed by atoms with Gasteiger partial charge in [0.1, 0.15) is 17.4 Å². The van der Waals surface area contributed by atoms with Crippen LogP contribution in [0.5, 0.6) is 5.75 Å². The molecule has 0 unspecified atom stereocenters. The molecule has 146 valence electrons. The third kappa shape index (κ3) is 4.96. The minimum Gasteiger partial charge on any atom is -0.495 e. The average molecular weight is 410 g/mol. The molecule has 2 aromatic carbocycles. The number of anilines is 2. The van der Waals surface area contributed by atoms with Crippen LogP contribution < -0.4 is 15.4 Å². The molecule has 2 N–H and O–H groups in total. The Balaban J connectivity index is 2.26. The van der Waals surface area contributed by atoms with E-state index in [1.807, 2.05) is 0 Å². The lowest BCUT2D eigenvalue weighted by molar-refractivity contribution is -0.137. The molecule has 0 spiro atoms. The van der Waals surface area contributed by atoms with Gasteiger partial charge in [-0.2, -0.15) is 18.4 Å². The molecule has 28 heavy (non-hydrogen) atoms. The van der Waals surface area contributed by atoms with Crippen LogP contribution in [0.25, 0.3) is 0 Å². The van der Waals surface area contributed by atoms with E-state index in [0.29, 0.717) is 16.5 Å². The van der Waals surface area contributed by atoms with Gasteiger partial charge in [-0.3, -0.25) is 4.79 Å². The molecule has 2 aromatic rings. The van der Waals surface area contributed by atoms with Gasteiger partial charge in [0.2, 0.25) is 0 Å². The molecule has 9 heteroatoms. The fraction of sp³-hybridized carbons (Fsp3) is 0.158. The first-order valence-electron chi connectivity index (χ1n) is 7.86. The Kier molecular flexibility index (Phi) is 6.54. The van der Waals surface area contributed by atoms with Crippen LogP contribution in [0.1, 0.15) is 11.1 Å². The fourth-order valence-corrected chi connectivity index (χ4v) is 2.43. The molecule has 0 radical (unpaired) electrons. The zero-order valence-corrected chi connectivity index (χ0v) is 15.6. The van der Waals surface area contributed by atoms with E-state index in [1.165, 1.54) is 19.2 Å². The molecule has 0 bridgehead atoms. The van der Waals surface area contributed by atoms with Crippen LogP contribution in [0.4, 0.5) is 24.5 Å². The van der Waals surface area contributed by atoms with Crippen LogP contribution >= 0.6 is 11.6 Å². The van der Waals surface area contributed by atoms with E-state index in [1.54, 1.807) is 25.1 Å². The third-order valence-corrected chi connectivity index (χ3v) is 4.11. The number of alkyl halides is 3. The summed E-state index contributed by atoms with van der Waals surface area (Å²) in [5, 5.41) is 14.5. The lowest BCUT2D eigenvalue weighted by Gasteiger charge is -2.13. The zero-order chi connectivity index (χ0) is 20.9. The number of hydrogen-bond acceptors (Lipinski definition) is 4. The van der Waals surface area contributed by atoms with Gasteiger partial charge < -0.3 is 15.4 Å². The van der Waals surface area contributed by atoms with Gasteiger partial charge in [0.25, 0.3) is 5.91 Å². The first kappa shape index (κ1) is 21.1. The minimum atomic E-state index is -4.65. The van der Waals surface area contributed by atoms with Gasteiger partial charge in [-0.1, -0.05) is 23.7 Å². The molecule has 2 rings (SSSR count). The number of halogens is 4. The van der Waals surface area contributed by atoms with Crippen molar-refractivity contribution in [3.8, 4) is 11.8 Å². The predicted molar refractivity (Wildman–Crippen MR) is 100 cm³/mol.